The van der Waals surface area contributed by atoms with Gasteiger partial charge < -0.3 is 0 Å². The molecular formula is C13H10F2. The van der Waals surface area contributed by atoms with Gasteiger partial charge in [-0.1, -0.05) is 24.3 Å². The summed E-state index contributed by atoms with van der Waals surface area (Å²) in [7, 11) is 0. The lowest BCUT2D eigenvalue weighted by Crippen LogP contribution is -1.88. The molecule has 2 heteroatoms. The minimum atomic E-state index is -0.309. The fourth-order valence-electron chi connectivity index (χ4n) is 1.58. The summed E-state index contributed by atoms with van der Waals surface area (Å²) in [6, 6.07) is 11.0. The molecule has 0 bridgehead atoms. The van der Waals surface area contributed by atoms with Crippen LogP contribution in [0.5, 0.6) is 0 Å². The molecule has 0 aliphatic heterocycles. The summed E-state index contributed by atoms with van der Waals surface area (Å²) in [5.74, 6) is -0.576. The minimum absolute atomic E-state index is 0.267. The van der Waals surface area contributed by atoms with E-state index in [4.69, 9.17) is 0 Å². The van der Waals surface area contributed by atoms with E-state index in [1.165, 1.54) is 18.2 Å². The van der Waals surface area contributed by atoms with Gasteiger partial charge in [-0.05, 0) is 41.8 Å². The summed E-state index contributed by atoms with van der Waals surface area (Å²) in [5.41, 5.74) is 1.98. The first-order valence-electron chi connectivity index (χ1n) is 4.69. The van der Waals surface area contributed by atoms with Crippen molar-refractivity contribution in [3.05, 3.63) is 59.7 Å². The topological polar surface area (TPSA) is 0 Å². The lowest BCUT2D eigenvalue weighted by Gasteiger charge is -2.06. The second kappa shape index (κ2) is 3.81. The van der Waals surface area contributed by atoms with Crippen molar-refractivity contribution >= 4 is 0 Å². The van der Waals surface area contributed by atoms with Gasteiger partial charge in [0.15, 0.2) is 0 Å². The van der Waals surface area contributed by atoms with Crippen LogP contribution in [0.15, 0.2) is 42.5 Å². The molecule has 2 aromatic carbocycles. The van der Waals surface area contributed by atoms with E-state index < -0.39 is 0 Å². The molecule has 0 N–H and O–H groups in total. The molecule has 0 nitrogen and oxygen atoms in total. The molecule has 0 fully saturated rings. The van der Waals surface area contributed by atoms with Gasteiger partial charge in [0.05, 0.1) is 0 Å². The van der Waals surface area contributed by atoms with Crippen LogP contribution in [-0.2, 0) is 0 Å². The Morgan fingerprint density at radius 2 is 1.67 bits per heavy atom. The number of rotatable bonds is 1. The Balaban J connectivity index is 2.59. The third-order valence-corrected chi connectivity index (χ3v) is 2.40. The molecule has 0 saturated heterocycles. The normalized spacial score (nSPS) is 10.3. The van der Waals surface area contributed by atoms with Crippen molar-refractivity contribution in [1.82, 2.24) is 0 Å². The molecule has 0 saturated carbocycles. The van der Waals surface area contributed by atoms with Crippen LogP contribution in [0.3, 0.4) is 0 Å². The Morgan fingerprint density at radius 3 is 2.40 bits per heavy atom. The highest BCUT2D eigenvalue weighted by Crippen LogP contribution is 2.25. The quantitative estimate of drug-likeness (QED) is 0.660. The Bertz CT molecular complexity index is 490. The SMILES string of the molecule is Cc1c(F)cccc1-c1cccc(F)c1. The summed E-state index contributed by atoms with van der Waals surface area (Å²) in [4.78, 5) is 0. The number of hydrogen-bond acceptors (Lipinski definition) is 0. The van der Waals surface area contributed by atoms with E-state index in [0.29, 0.717) is 11.1 Å². The predicted octanol–water partition coefficient (Wildman–Crippen LogP) is 3.94. The Kier molecular flexibility index (Phi) is 2.50. The average molecular weight is 204 g/mol. The number of benzene rings is 2. The van der Waals surface area contributed by atoms with Crippen LogP contribution in [0.4, 0.5) is 8.78 Å². The summed E-state index contributed by atoms with van der Waals surface area (Å²) in [6.45, 7) is 1.69. The molecule has 0 spiro atoms. The van der Waals surface area contributed by atoms with Gasteiger partial charge >= 0.3 is 0 Å². The molecule has 15 heavy (non-hydrogen) atoms. The highest BCUT2D eigenvalue weighted by molar-refractivity contribution is 5.67. The maximum atomic E-state index is 13.3. The van der Waals surface area contributed by atoms with Crippen LogP contribution in [0.2, 0.25) is 0 Å². The van der Waals surface area contributed by atoms with Crippen molar-refractivity contribution in [2.24, 2.45) is 0 Å². The molecule has 0 unspecified atom stereocenters. The molecular weight excluding hydrogens is 194 g/mol. The van der Waals surface area contributed by atoms with E-state index >= 15 is 0 Å². The van der Waals surface area contributed by atoms with E-state index in [2.05, 4.69) is 0 Å². The van der Waals surface area contributed by atoms with Crippen LogP contribution in [0.25, 0.3) is 11.1 Å². The van der Waals surface area contributed by atoms with Crippen molar-refractivity contribution in [3.8, 4) is 11.1 Å². The second-order valence-corrected chi connectivity index (χ2v) is 3.42. The zero-order valence-electron chi connectivity index (χ0n) is 8.30. The highest BCUT2D eigenvalue weighted by Gasteiger charge is 2.05. The van der Waals surface area contributed by atoms with Gasteiger partial charge in [0.25, 0.3) is 0 Å². The second-order valence-electron chi connectivity index (χ2n) is 3.42. The molecule has 0 radical (unpaired) electrons. The lowest BCUT2D eigenvalue weighted by molar-refractivity contribution is 0.618. The van der Waals surface area contributed by atoms with Crippen LogP contribution in [0, 0.1) is 18.6 Å². The van der Waals surface area contributed by atoms with Crippen LogP contribution in [-0.4, -0.2) is 0 Å². The van der Waals surface area contributed by atoms with Crippen molar-refractivity contribution in [2.45, 2.75) is 6.92 Å². The zero-order valence-corrected chi connectivity index (χ0v) is 8.30. The number of halogens is 2. The number of hydrogen-bond donors (Lipinski definition) is 0. The Labute approximate surface area is 87.2 Å². The smallest absolute Gasteiger partial charge is 0.126 e. The Morgan fingerprint density at radius 1 is 0.933 bits per heavy atom. The van der Waals surface area contributed by atoms with E-state index in [1.54, 1.807) is 31.2 Å². The first-order chi connectivity index (χ1) is 7.18. The predicted molar refractivity (Wildman–Crippen MR) is 56.5 cm³/mol. The standard InChI is InChI=1S/C13H10F2/c1-9-12(6-3-7-13(9)15)10-4-2-5-11(14)8-10/h2-8H,1H3. The van der Waals surface area contributed by atoms with Crippen molar-refractivity contribution < 1.29 is 8.78 Å². The lowest BCUT2D eigenvalue weighted by atomic mass is 10.0. The van der Waals surface area contributed by atoms with Gasteiger partial charge in [-0.3, -0.25) is 0 Å². The Hall–Kier alpha value is -1.70. The van der Waals surface area contributed by atoms with E-state index in [0.717, 1.165) is 5.56 Å². The van der Waals surface area contributed by atoms with Crippen LogP contribution < -0.4 is 0 Å². The summed E-state index contributed by atoms with van der Waals surface area (Å²) < 4.78 is 26.3. The molecule has 76 valence electrons. The first-order valence-corrected chi connectivity index (χ1v) is 4.69. The first kappa shape index (κ1) is 9.84. The van der Waals surface area contributed by atoms with Gasteiger partial charge in [0.2, 0.25) is 0 Å². The van der Waals surface area contributed by atoms with E-state index in [-0.39, 0.29) is 11.6 Å². The minimum Gasteiger partial charge on any atom is -0.207 e. The largest absolute Gasteiger partial charge is 0.207 e. The third kappa shape index (κ3) is 1.89. The molecule has 0 atom stereocenters. The monoisotopic (exact) mass is 204 g/mol. The van der Waals surface area contributed by atoms with Gasteiger partial charge in [0.1, 0.15) is 11.6 Å². The van der Waals surface area contributed by atoms with Crippen molar-refractivity contribution in [3.63, 3.8) is 0 Å². The summed E-state index contributed by atoms with van der Waals surface area (Å²) >= 11 is 0. The molecule has 0 amide bonds. The zero-order chi connectivity index (χ0) is 10.8. The fourth-order valence-corrected chi connectivity index (χ4v) is 1.58. The fraction of sp³-hybridized carbons (Fsp3) is 0.0769. The van der Waals surface area contributed by atoms with E-state index in [9.17, 15) is 8.78 Å². The van der Waals surface area contributed by atoms with E-state index in [1.807, 2.05) is 0 Å². The van der Waals surface area contributed by atoms with Gasteiger partial charge in [-0.2, -0.15) is 0 Å². The molecule has 2 rings (SSSR count). The molecule has 0 heterocycles. The summed E-state index contributed by atoms with van der Waals surface area (Å²) in [5, 5.41) is 0. The van der Waals surface area contributed by atoms with Gasteiger partial charge in [0, 0.05) is 0 Å². The average Bonchev–Trinajstić information content (AvgIpc) is 2.22. The van der Waals surface area contributed by atoms with Crippen molar-refractivity contribution in [2.75, 3.05) is 0 Å². The maximum Gasteiger partial charge on any atom is 0.126 e. The molecule has 0 aliphatic rings. The van der Waals surface area contributed by atoms with Gasteiger partial charge in [-0.25, -0.2) is 8.78 Å². The summed E-state index contributed by atoms with van der Waals surface area (Å²) in [6.07, 6.45) is 0. The molecule has 2 aromatic rings. The van der Waals surface area contributed by atoms with Gasteiger partial charge in [-0.15, -0.1) is 0 Å². The highest BCUT2D eigenvalue weighted by atomic mass is 19.1. The maximum absolute atomic E-state index is 13.3. The molecule has 0 aliphatic carbocycles. The van der Waals surface area contributed by atoms with Crippen LogP contribution in [0.1, 0.15) is 5.56 Å². The molecule has 0 aromatic heterocycles. The third-order valence-electron chi connectivity index (χ3n) is 2.40. The van der Waals surface area contributed by atoms with Crippen LogP contribution >= 0.6 is 0 Å². The van der Waals surface area contributed by atoms with Crippen molar-refractivity contribution in [1.29, 1.82) is 0 Å².